The predicted molar refractivity (Wildman–Crippen MR) is 65.8 cm³/mol. The van der Waals surface area contributed by atoms with E-state index in [2.05, 4.69) is 28.1 Å². The van der Waals surface area contributed by atoms with Crippen LogP contribution in [0.25, 0.3) is 0 Å². The maximum absolute atomic E-state index is 9.53. The minimum atomic E-state index is -0.557. The highest BCUT2D eigenvalue weighted by atomic mass is 79.9. The van der Waals surface area contributed by atoms with Gasteiger partial charge < -0.3 is 5.11 Å². The number of hydrogen-bond acceptors (Lipinski definition) is 2. The Balaban J connectivity index is 2.39. The van der Waals surface area contributed by atoms with Crippen LogP contribution in [-0.2, 0) is 0 Å². The Morgan fingerprint density at radius 2 is 2.14 bits per heavy atom. The van der Waals surface area contributed by atoms with Crippen LogP contribution in [0.15, 0.2) is 33.6 Å². The first kappa shape index (κ1) is 12.1. The van der Waals surface area contributed by atoms with Crippen LogP contribution in [-0.4, -0.2) is 16.5 Å². The van der Waals surface area contributed by atoms with Crippen LogP contribution in [0.5, 0.6) is 0 Å². The monoisotopic (exact) mass is 274 g/mol. The summed E-state index contributed by atoms with van der Waals surface area (Å²) >= 11 is 5.20. The maximum Gasteiger partial charge on any atom is 0.0599 e. The summed E-state index contributed by atoms with van der Waals surface area (Å²) in [7, 11) is 0. The second-order valence-corrected chi connectivity index (χ2v) is 5.95. The Kier molecular flexibility index (Phi) is 4.48. The van der Waals surface area contributed by atoms with Gasteiger partial charge >= 0.3 is 0 Å². The summed E-state index contributed by atoms with van der Waals surface area (Å²) in [5.74, 6) is 0.944. The van der Waals surface area contributed by atoms with E-state index in [1.165, 1.54) is 4.90 Å². The van der Waals surface area contributed by atoms with Gasteiger partial charge in [-0.05, 0) is 38.5 Å². The van der Waals surface area contributed by atoms with Gasteiger partial charge in [0.2, 0.25) is 0 Å². The Hall–Kier alpha value is 0.01000. The molecule has 0 aliphatic rings. The number of benzene rings is 1. The predicted octanol–water partition coefficient (Wildman–Crippen LogP) is 3.70. The van der Waals surface area contributed by atoms with E-state index in [0.29, 0.717) is 0 Å². The lowest BCUT2D eigenvalue weighted by Gasteiger charge is -2.16. The van der Waals surface area contributed by atoms with E-state index in [-0.39, 0.29) is 0 Å². The van der Waals surface area contributed by atoms with Gasteiger partial charge in [0.15, 0.2) is 0 Å². The van der Waals surface area contributed by atoms with Crippen molar-refractivity contribution in [3.05, 3.63) is 28.7 Å². The largest absolute Gasteiger partial charge is 0.390 e. The van der Waals surface area contributed by atoms with E-state index < -0.39 is 5.60 Å². The van der Waals surface area contributed by atoms with Crippen LogP contribution in [0.2, 0.25) is 0 Å². The number of halogens is 1. The second-order valence-electron chi connectivity index (χ2n) is 3.87. The third kappa shape index (κ3) is 5.03. The molecule has 1 nitrogen and oxygen atoms in total. The molecule has 0 aliphatic heterocycles. The van der Waals surface area contributed by atoms with Crippen molar-refractivity contribution in [2.24, 2.45) is 0 Å². The van der Waals surface area contributed by atoms with Crippen molar-refractivity contribution in [2.75, 3.05) is 5.75 Å². The third-order valence-corrected chi connectivity index (χ3v) is 3.27. The molecule has 0 amide bonds. The fourth-order valence-electron chi connectivity index (χ4n) is 0.975. The fourth-order valence-corrected chi connectivity index (χ4v) is 2.75. The molecule has 0 fully saturated rings. The van der Waals surface area contributed by atoms with Crippen LogP contribution in [0.1, 0.15) is 20.3 Å². The smallest absolute Gasteiger partial charge is 0.0599 e. The summed E-state index contributed by atoms with van der Waals surface area (Å²) in [6, 6.07) is 8.21. The SMILES string of the molecule is CC(C)(O)CCSc1cccc(Br)c1. The molecule has 14 heavy (non-hydrogen) atoms. The summed E-state index contributed by atoms with van der Waals surface area (Å²) in [4.78, 5) is 1.24. The van der Waals surface area contributed by atoms with Crippen LogP contribution >= 0.6 is 27.7 Å². The molecule has 0 heterocycles. The van der Waals surface area contributed by atoms with E-state index in [1.807, 2.05) is 26.0 Å². The minimum absolute atomic E-state index is 0.557. The Morgan fingerprint density at radius 3 is 2.71 bits per heavy atom. The molecule has 0 unspecified atom stereocenters. The van der Waals surface area contributed by atoms with Crippen molar-refractivity contribution in [1.82, 2.24) is 0 Å². The topological polar surface area (TPSA) is 20.2 Å². The molecule has 78 valence electrons. The summed E-state index contributed by atoms with van der Waals surface area (Å²) in [6.45, 7) is 3.68. The van der Waals surface area contributed by atoms with Crippen LogP contribution in [0.4, 0.5) is 0 Å². The van der Waals surface area contributed by atoms with Crippen molar-refractivity contribution < 1.29 is 5.11 Å². The molecule has 0 spiro atoms. The van der Waals surface area contributed by atoms with Crippen LogP contribution in [0.3, 0.4) is 0 Å². The standard InChI is InChI=1S/C11H15BrOS/c1-11(2,13)6-7-14-10-5-3-4-9(12)8-10/h3-5,8,13H,6-7H2,1-2H3. The van der Waals surface area contributed by atoms with E-state index in [4.69, 9.17) is 0 Å². The molecule has 3 heteroatoms. The average Bonchev–Trinajstić information content (AvgIpc) is 2.01. The molecule has 1 aromatic rings. The van der Waals surface area contributed by atoms with Crippen LogP contribution < -0.4 is 0 Å². The van der Waals surface area contributed by atoms with Crippen molar-refractivity contribution in [2.45, 2.75) is 30.8 Å². The molecule has 0 saturated carbocycles. The van der Waals surface area contributed by atoms with Gasteiger partial charge in [-0.15, -0.1) is 11.8 Å². The molecule has 0 aliphatic carbocycles. The zero-order valence-electron chi connectivity index (χ0n) is 8.46. The van der Waals surface area contributed by atoms with Gasteiger partial charge in [-0.25, -0.2) is 0 Å². The zero-order chi connectivity index (χ0) is 10.6. The van der Waals surface area contributed by atoms with E-state index >= 15 is 0 Å². The van der Waals surface area contributed by atoms with Gasteiger partial charge in [-0.3, -0.25) is 0 Å². The number of thioether (sulfide) groups is 1. The second kappa shape index (κ2) is 5.19. The summed E-state index contributed by atoms with van der Waals surface area (Å²) in [5, 5.41) is 9.53. The average molecular weight is 275 g/mol. The zero-order valence-corrected chi connectivity index (χ0v) is 10.9. The molecular weight excluding hydrogens is 260 g/mol. The number of aliphatic hydroxyl groups is 1. The summed E-state index contributed by atoms with van der Waals surface area (Å²) < 4.78 is 1.10. The van der Waals surface area contributed by atoms with Gasteiger partial charge in [0, 0.05) is 15.1 Å². The molecule has 0 bridgehead atoms. The normalized spacial score (nSPS) is 11.7. The molecule has 0 atom stereocenters. The highest BCUT2D eigenvalue weighted by molar-refractivity contribution is 9.10. The highest BCUT2D eigenvalue weighted by Gasteiger charge is 2.11. The van der Waals surface area contributed by atoms with Gasteiger partial charge in [0.25, 0.3) is 0 Å². The molecule has 1 aromatic carbocycles. The van der Waals surface area contributed by atoms with E-state index in [9.17, 15) is 5.11 Å². The molecule has 1 rings (SSSR count). The van der Waals surface area contributed by atoms with Crippen molar-refractivity contribution in [1.29, 1.82) is 0 Å². The molecule has 1 N–H and O–H groups in total. The lowest BCUT2D eigenvalue weighted by atomic mass is 10.1. The van der Waals surface area contributed by atoms with Gasteiger partial charge in [-0.1, -0.05) is 22.0 Å². The minimum Gasteiger partial charge on any atom is -0.390 e. The van der Waals surface area contributed by atoms with Crippen molar-refractivity contribution in [3.63, 3.8) is 0 Å². The fraction of sp³-hybridized carbons (Fsp3) is 0.455. The Morgan fingerprint density at radius 1 is 1.43 bits per heavy atom. The summed E-state index contributed by atoms with van der Waals surface area (Å²) in [6.07, 6.45) is 0.810. The van der Waals surface area contributed by atoms with E-state index in [0.717, 1.165) is 16.6 Å². The van der Waals surface area contributed by atoms with E-state index in [1.54, 1.807) is 11.8 Å². The van der Waals surface area contributed by atoms with Crippen LogP contribution in [0, 0.1) is 0 Å². The van der Waals surface area contributed by atoms with Crippen molar-refractivity contribution >= 4 is 27.7 Å². The summed E-state index contributed by atoms with van der Waals surface area (Å²) in [5.41, 5.74) is -0.557. The Labute approximate surface area is 98.0 Å². The number of hydrogen-bond donors (Lipinski definition) is 1. The highest BCUT2D eigenvalue weighted by Crippen LogP contribution is 2.24. The maximum atomic E-state index is 9.53. The van der Waals surface area contributed by atoms with Gasteiger partial charge in [0.1, 0.15) is 0 Å². The van der Waals surface area contributed by atoms with Gasteiger partial charge in [-0.2, -0.15) is 0 Å². The first-order valence-electron chi connectivity index (χ1n) is 4.58. The first-order valence-corrected chi connectivity index (χ1v) is 6.36. The third-order valence-electron chi connectivity index (χ3n) is 1.78. The quantitative estimate of drug-likeness (QED) is 0.845. The first-order chi connectivity index (χ1) is 6.47. The molecular formula is C11H15BrOS. The number of rotatable bonds is 4. The molecule has 0 saturated heterocycles. The molecule has 0 radical (unpaired) electrons. The lowest BCUT2D eigenvalue weighted by molar-refractivity contribution is 0.0778. The Bertz CT molecular complexity index is 294. The van der Waals surface area contributed by atoms with Crippen molar-refractivity contribution in [3.8, 4) is 0 Å². The van der Waals surface area contributed by atoms with Gasteiger partial charge in [0.05, 0.1) is 5.60 Å². The molecule has 0 aromatic heterocycles. The lowest BCUT2D eigenvalue weighted by Crippen LogP contribution is -2.18.